The molecule has 1 aliphatic heterocycles. The molecule has 0 bridgehead atoms. The lowest BCUT2D eigenvalue weighted by Crippen LogP contribution is -2.35. The summed E-state index contributed by atoms with van der Waals surface area (Å²) in [6.45, 7) is 3.67. The van der Waals surface area contributed by atoms with Crippen molar-refractivity contribution in [3.05, 3.63) is 110 Å². The smallest absolute Gasteiger partial charge is 0.310 e. The zero-order valence-electron chi connectivity index (χ0n) is 23.0. The van der Waals surface area contributed by atoms with Crippen LogP contribution in [0.25, 0.3) is 0 Å². The van der Waals surface area contributed by atoms with Gasteiger partial charge >= 0.3 is 5.69 Å². The Kier molecular flexibility index (Phi) is 7.82. The quantitative estimate of drug-likeness (QED) is 0.276. The largest absolute Gasteiger partial charge is 0.496 e. The van der Waals surface area contributed by atoms with Crippen molar-refractivity contribution in [1.29, 1.82) is 0 Å². The fraction of sp³-hybridized carbons (Fsp3) is 0.258. The third kappa shape index (κ3) is 5.54. The maximum absolute atomic E-state index is 13.8. The Bertz CT molecular complexity index is 1610. The van der Waals surface area contributed by atoms with E-state index in [4.69, 9.17) is 9.47 Å². The minimum atomic E-state index is -0.640. The van der Waals surface area contributed by atoms with E-state index in [1.54, 1.807) is 30.5 Å². The number of methoxy groups -OCH3 is 1. The van der Waals surface area contributed by atoms with Gasteiger partial charge in [-0.05, 0) is 62.1 Å². The van der Waals surface area contributed by atoms with Crippen LogP contribution in [-0.4, -0.2) is 28.7 Å². The molecule has 3 aromatic rings. The molecule has 0 saturated carbocycles. The van der Waals surface area contributed by atoms with Crippen LogP contribution >= 0.6 is 0 Å². The van der Waals surface area contributed by atoms with Crippen LogP contribution in [0, 0.1) is 17.0 Å². The van der Waals surface area contributed by atoms with Gasteiger partial charge in [0, 0.05) is 52.7 Å². The summed E-state index contributed by atoms with van der Waals surface area (Å²) in [7, 11) is 1.53. The van der Waals surface area contributed by atoms with Crippen LogP contribution in [0.5, 0.6) is 11.5 Å². The second-order valence-corrected chi connectivity index (χ2v) is 9.97. The normalized spacial score (nSPS) is 16.6. The highest BCUT2D eigenvalue weighted by atomic mass is 16.6. The summed E-state index contributed by atoms with van der Waals surface area (Å²) >= 11 is 0. The molecule has 5 rings (SSSR count). The van der Waals surface area contributed by atoms with Crippen molar-refractivity contribution in [3.8, 4) is 11.5 Å². The van der Waals surface area contributed by atoms with E-state index in [1.807, 2.05) is 32.0 Å². The van der Waals surface area contributed by atoms with Crippen molar-refractivity contribution in [2.75, 3.05) is 12.4 Å². The van der Waals surface area contributed by atoms with E-state index in [9.17, 15) is 19.7 Å². The Balaban J connectivity index is 1.56. The summed E-state index contributed by atoms with van der Waals surface area (Å²) in [5, 5.41) is 17.7. The van der Waals surface area contributed by atoms with Crippen LogP contribution < -0.4 is 20.1 Å². The number of benzene rings is 2. The molecule has 0 spiro atoms. The molecule has 210 valence electrons. The highest BCUT2D eigenvalue weighted by molar-refractivity contribution is 6.09. The molecule has 2 aliphatic rings. The fourth-order valence-electron chi connectivity index (χ4n) is 5.39. The molecular formula is C31H30N4O6. The van der Waals surface area contributed by atoms with Gasteiger partial charge in [0.05, 0.1) is 12.0 Å². The van der Waals surface area contributed by atoms with Gasteiger partial charge in [-0.1, -0.05) is 24.3 Å². The molecule has 2 aromatic carbocycles. The van der Waals surface area contributed by atoms with Crippen molar-refractivity contribution in [2.45, 2.75) is 45.6 Å². The highest BCUT2D eigenvalue weighted by Crippen LogP contribution is 2.43. The molecule has 2 N–H and O–H groups in total. The van der Waals surface area contributed by atoms with Crippen LogP contribution in [0.3, 0.4) is 0 Å². The molecule has 1 amide bonds. The van der Waals surface area contributed by atoms with Gasteiger partial charge in [0.1, 0.15) is 18.2 Å². The molecule has 10 nitrogen and oxygen atoms in total. The van der Waals surface area contributed by atoms with Gasteiger partial charge in [0.2, 0.25) is 0 Å². The van der Waals surface area contributed by atoms with Gasteiger partial charge in [-0.25, -0.2) is 4.98 Å². The summed E-state index contributed by atoms with van der Waals surface area (Å²) in [4.78, 5) is 42.4. The van der Waals surface area contributed by atoms with Crippen LogP contribution in [0.1, 0.15) is 48.8 Å². The number of carbonyl (C=O) groups is 2. The van der Waals surface area contributed by atoms with E-state index >= 15 is 0 Å². The number of rotatable bonds is 8. The molecule has 0 saturated heterocycles. The number of hydrogen-bond acceptors (Lipinski definition) is 8. The number of ketones is 1. The number of hydrogen-bond donors (Lipinski definition) is 2. The topological polar surface area (TPSA) is 133 Å². The van der Waals surface area contributed by atoms with E-state index in [1.165, 1.54) is 19.2 Å². The summed E-state index contributed by atoms with van der Waals surface area (Å²) < 4.78 is 11.4. The van der Waals surface area contributed by atoms with Gasteiger partial charge in [-0.3, -0.25) is 19.7 Å². The fourth-order valence-corrected chi connectivity index (χ4v) is 5.39. The van der Waals surface area contributed by atoms with Crippen molar-refractivity contribution in [3.63, 3.8) is 0 Å². The molecule has 1 aliphatic carbocycles. The number of pyridine rings is 1. The number of Topliss-reactive ketones (excluding diaryl/α,β-unsaturated/α-hetero) is 1. The number of carbonyl (C=O) groups excluding carboxylic acids is 2. The third-order valence-corrected chi connectivity index (χ3v) is 7.34. The van der Waals surface area contributed by atoms with E-state index in [0.29, 0.717) is 52.4 Å². The molecule has 1 aromatic heterocycles. The molecule has 0 fully saturated rings. The minimum Gasteiger partial charge on any atom is -0.496 e. The number of aromatic nitrogens is 1. The molecule has 10 heteroatoms. The maximum atomic E-state index is 13.8. The number of para-hydroxylation sites is 2. The zero-order valence-corrected chi connectivity index (χ0v) is 23.0. The van der Waals surface area contributed by atoms with Crippen LogP contribution in [0.2, 0.25) is 0 Å². The number of aryl methyl sites for hydroxylation is 1. The van der Waals surface area contributed by atoms with E-state index in [0.717, 1.165) is 17.7 Å². The Morgan fingerprint density at radius 2 is 1.93 bits per heavy atom. The van der Waals surface area contributed by atoms with Crippen LogP contribution in [0.15, 0.2) is 83.3 Å². The van der Waals surface area contributed by atoms with E-state index in [2.05, 4.69) is 15.6 Å². The maximum Gasteiger partial charge on any atom is 0.310 e. The number of dihydropyridines is 1. The SMILES string of the molecule is COc1ccc([C@@H]2C(C(=O)Nc3ncccc3C)=C(C)NC3=C2C(=O)CCC3)cc1COc1ccccc1[N+](=O)[O-]. The lowest BCUT2D eigenvalue weighted by molar-refractivity contribution is -0.385. The molecule has 41 heavy (non-hydrogen) atoms. The lowest BCUT2D eigenvalue weighted by Gasteiger charge is -2.34. The van der Waals surface area contributed by atoms with E-state index in [-0.39, 0.29) is 29.7 Å². The monoisotopic (exact) mass is 554 g/mol. The first-order valence-corrected chi connectivity index (χ1v) is 13.3. The summed E-state index contributed by atoms with van der Waals surface area (Å²) in [5.41, 5.74) is 4.45. The number of nitro benzene ring substituents is 1. The minimum absolute atomic E-state index is 0.0101. The number of nitrogens with zero attached hydrogens (tertiary/aromatic N) is 2. The molecular weight excluding hydrogens is 524 g/mol. The van der Waals surface area contributed by atoms with Crippen molar-refractivity contribution in [1.82, 2.24) is 10.3 Å². The van der Waals surface area contributed by atoms with Crippen molar-refractivity contribution < 1.29 is 24.0 Å². The van der Waals surface area contributed by atoms with Crippen LogP contribution in [-0.2, 0) is 16.2 Å². The first-order valence-electron chi connectivity index (χ1n) is 13.3. The predicted octanol–water partition coefficient (Wildman–Crippen LogP) is 5.49. The van der Waals surface area contributed by atoms with Gasteiger partial charge in [-0.2, -0.15) is 0 Å². The second-order valence-electron chi connectivity index (χ2n) is 9.97. The number of amides is 1. The number of nitro groups is 1. The zero-order chi connectivity index (χ0) is 29.1. The number of anilines is 1. The third-order valence-electron chi connectivity index (χ3n) is 7.34. The Labute approximate surface area is 237 Å². The van der Waals surface area contributed by atoms with Gasteiger partial charge in [-0.15, -0.1) is 0 Å². The van der Waals surface area contributed by atoms with Gasteiger partial charge in [0.25, 0.3) is 5.91 Å². The molecule has 1 atom stereocenters. The van der Waals surface area contributed by atoms with E-state index < -0.39 is 10.8 Å². The predicted molar refractivity (Wildman–Crippen MR) is 152 cm³/mol. The first kappa shape index (κ1) is 27.6. The van der Waals surface area contributed by atoms with Gasteiger partial charge < -0.3 is 20.1 Å². The summed E-state index contributed by atoms with van der Waals surface area (Å²) in [6.07, 6.45) is 3.44. The van der Waals surface area contributed by atoms with Crippen LogP contribution in [0.4, 0.5) is 11.5 Å². The molecule has 2 heterocycles. The number of ether oxygens (including phenoxy) is 2. The Morgan fingerprint density at radius 1 is 1.12 bits per heavy atom. The average molecular weight is 555 g/mol. The average Bonchev–Trinajstić information content (AvgIpc) is 2.96. The Morgan fingerprint density at radius 3 is 2.68 bits per heavy atom. The first-order chi connectivity index (χ1) is 19.8. The number of nitrogens with one attached hydrogen (secondary N) is 2. The summed E-state index contributed by atoms with van der Waals surface area (Å²) in [6, 6.07) is 15.2. The van der Waals surface area contributed by atoms with Gasteiger partial charge in [0.15, 0.2) is 11.5 Å². The highest BCUT2D eigenvalue weighted by Gasteiger charge is 2.39. The molecule has 0 radical (unpaired) electrons. The summed E-state index contributed by atoms with van der Waals surface area (Å²) in [5.74, 6) is 0.0739. The lowest BCUT2D eigenvalue weighted by atomic mass is 9.74. The number of allylic oxidation sites excluding steroid dienone is 3. The van der Waals surface area contributed by atoms with Crippen molar-refractivity contribution in [2.24, 2.45) is 0 Å². The Hall–Kier alpha value is -4.99. The second kappa shape index (κ2) is 11.6. The molecule has 0 unspecified atom stereocenters. The standard InChI is InChI=1S/C31H30N4O6/c1-18-8-7-15-32-30(18)34-31(37)27-19(2)33-22-9-6-11-24(36)29(22)28(27)20-13-14-25(40-3)21(16-20)17-41-26-12-5-4-10-23(26)35(38)39/h4-5,7-8,10,12-16,28,33H,6,9,11,17H2,1-3H3,(H,32,34,37)/t28-/m1/s1. The van der Waals surface area contributed by atoms with Crippen molar-refractivity contribution >= 4 is 23.2 Å².